The Kier molecular flexibility index (Phi) is 4.47. The van der Waals surface area contributed by atoms with Gasteiger partial charge in [-0.15, -0.1) is 15.3 Å². The van der Waals surface area contributed by atoms with Gasteiger partial charge in [0.25, 0.3) is 0 Å². The van der Waals surface area contributed by atoms with Crippen molar-refractivity contribution in [3.05, 3.63) is 42.7 Å². The summed E-state index contributed by atoms with van der Waals surface area (Å²) in [5, 5.41) is 26.0. The second-order valence-corrected chi connectivity index (χ2v) is 6.26. The Morgan fingerprint density at radius 1 is 1.12 bits per heavy atom. The molecule has 0 unspecified atom stereocenters. The maximum absolute atomic E-state index is 13.9. The molecule has 1 aliphatic carbocycles. The molecule has 134 valence electrons. The number of aromatic nitrogens is 5. The van der Waals surface area contributed by atoms with Crippen molar-refractivity contribution in [3.63, 3.8) is 0 Å². The third-order valence-electron chi connectivity index (χ3n) is 4.48. The van der Waals surface area contributed by atoms with E-state index >= 15 is 0 Å². The van der Waals surface area contributed by atoms with Crippen LogP contribution in [0.1, 0.15) is 25.7 Å². The fourth-order valence-corrected chi connectivity index (χ4v) is 3.09. The molecule has 1 fully saturated rings. The molecule has 7 nitrogen and oxygen atoms in total. The fraction of sp³-hybridized carbons (Fsp3) is 0.333. The lowest BCUT2D eigenvalue weighted by molar-refractivity contribution is 0.0594. The molecule has 0 aliphatic heterocycles. The number of alkyl halides is 1. The molecule has 1 aromatic carbocycles. The summed E-state index contributed by atoms with van der Waals surface area (Å²) in [6, 6.07) is 8.45. The predicted octanol–water partition coefficient (Wildman–Crippen LogP) is 3.09. The average Bonchev–Trinajstić information content (AvgIpc) is 3.19. The Hall–Kier alpha value is -3.03. The van der Waals surface area contributed by atoms with Crippen molar-refractivity contribution in [2.75, 3.05) is 0 Å². The van der Waals surface area contributed by atoms with Crippen molar-refractivity contribution in [2.24, 2.45) is 0 Å². The summed E-state index contributed by atoms with van der Waals surface area (Å²) in [4.78, 5) is 0. The fourth-order valence-electron chi connectivity index (χ4n) is 3.09. The van der Waals surface area contributed by atoms with Crippen LogP contribution in [0.15, 0.2) is 42.7 Å². The van der Waals surface area contributed by atoms with Crippen molar-refractivity contribution >= 4 is 0 Å². The van der Waals surface area contributed by atoms with Crippen molar-refractivity contribution in [1.29, 1.82) is 0 Å². The number of benzene rings is 1. The number of rotatable bonds is 4. The lowest BCUT2D eigenvalue weighted by Crippen LogP contribution is -2.32. The van der Waals surface area contributed by atoms with E-state index in [0.717, 1.165) is 12.8 Å². The van der Waals surface area contributed by atoms with Gasteiger partial charge in [0.15, 0.2) is 0 Å². The van der Waals surface area contributed by atoms with Crippen LogP contribution in [0.5, 0.6) is 11.6 Å². The minimum Gasteiger partial charge on any atom is -0.507 e. The number of phenolic OH excluding ortho intramolecular Hbond substituents is 1. The Labute approximate surface area is 149 Å². The van der Waals surface area contributed by atoms with E-state index in [1.807, 2.05) is 0 Å². The minimum absolute atomic E-state index is 0.0528. The van der Waals surface area contributed by atoms with Gasteiger partial charge in [-0.3, -0.25) is 0 Å². The molecule has 1 N–H and O–H groups in total. The van der Waals surface area contributed by atoms with Crippen molar-refractivity contribution in [2.45, 2.75) is 38.0 Å². The zero-order valence-electron chi connectivity index (χ0n) is 14.0. The Morgan fingerprint density at radius 3 is 2.69 bits per heavy atom. The molecule has 1 aliphatic rings. The maximum Gasteiger partial charge on any atom is 0.233 e. The van der Waals surface area contributed by atoms with Crippen LogP contribution in [0.2, 0.25) is 0 Å². The second kappa shape index (κ2) is 7.07. The molecule has 0 spiro atoms. The molecule has 3 aromatic rings. The Bertz CT molecular complexity index is 870. The van der Waals surface area contributed by atoms with Gasteiger partial charge in [0, 0.05) is 17.7 Å². The number of halogens is 1. The lowest BCUT2D eigenvalue weighted by atomic mass is 9.96. The number of phenols is 1. The van der Waals surface area contributed by atoms with Crippen LogP contribution in [-0.4, -0.2) is 42.6 Å². The normalized spacial score (nSPS) is 20.0. The molecule has 2 atom stereocenters. The molecule has 2 aromatic heterocycles. The standard InChI is InChI=1S/C18H18FN5O2/c19-14-3-1-2-4-17(14)26-18-8-7-15(21-22-18)13-6-5-12(11-16(13)25)24-10-9-20-23-24/h5-11,14,17,25H,1-4H2/t14-,17-/m0/s1. The van der Waals surface area contributed by atoms with E-state index in [4.69, 9.17) is 4.74 Å². The predicted molar refractivity (Wildman–Crippen MR) is 91.8 cm³/mol. The van der Waals surface area contributed by atoms with Gasteiger partial charge in [-0.2, -0.15) is 0 Å². The molecule has 26 heavy (non-hydrogen) atoms. The number of aromatic hydroxyl groups is 1. The van der Waals surface area contributed by atoms with Gasteiger partial charge in [-0.05, 0) is 37.5 Å². The van der Waals surface area contributed by atoms with Crippen LogP contribution >= 0.6 is 0 Å². The molecule has 0 bridgehead atoms. The van der Waals surface area contributed by atoms with Gasteiger partial charge >= 0.3 is 0 Å². The Morgan fingerprint density at radius 2 is 2.00 bits per heavy atom. The number of nitrogens with zero attached hydrogens (tertiary/aromatic N) is 5. The van der Waals surface area contributed by atoms with E-state index in [0.29, 0.717) is 35.7 Å². The van der Waals surface area contributed by atoms with Crippen molar-refractivity contribution < 1.29 is 14.2 Å². The summed E-state index contributed by atoms with van der Waals surface area (Å²) in [6.45, 7) is 0. The van der Waals surface area contributed by atoms with E-state index in [9.17, 15) is 9.50 Å². The molecule has 0 saturated heterocycles. The van der Waals surface area contributed by atoms with Crippen LogP contribution in [-0.2, 0) is 0 Å². The topological polar surface area (TPSA) is 86.0 Å². The van der Waals surface area contributed by atoms with E-state index < -0.39 is 12.3 Å². The smallest absolute Gasteiger partial charge is 0.233 e. The number of hydrogen-bond donors (Lipinski definition) is 1. The number of ether oxygens (including phenoxy) is 1. The van der Waals surface area contributed by atoms with Crippen LogP contribution in [0.25, 0.3) is 16.9 Å². The van der Waals surface area contributed by atoms with Crippen LogP contribution in [0.4, 0.5) is 4.39 Å². The van der Waals surface area contributed by atoms with Gasteiger partial charge in [-0.25, -0.2) is 9.07 Å². The first-order valence-corrected chi connectivity index (χ1v) is 8.55. The first-order valence-electron chi connectivity index (χ1n) is 8.55. The van der Waals surface area contributed by atoms with Crippen LogP contribution in [0.3, 0.4) is 0 Å². The molecular weight excluding hydrogens is 337 g/mol. The molecule has 0 amide bonds. The molecule has 1 saturated carbocycles. The molecule has 0 radical (unpaired) electrons. The van der Waals surface area contributed by atoms with Gasteiger partial charge in [0.05, 0.1) is 23.8 Å². The largest absolute Gasteiger partial charge is 0.507 e. The monoisotopic (exact) mass is 355 g/mol. The van der Waals surface area contributed by atoms with Crippen LogP contribution in [0, 0.1) is 0 Å². The van der Waals surface area contributed by atoms with Gasteiger partial charge in [0.1, 0.15) is 18.0 Å². The van der Waals surface area contributed by atoms with Crippen LogP contribution < -0.4 is 4.74 Å². The average molecular weight is 355 g/mol. The SMILES string of the molecule is Oc1cc(-n2ccnn2)ccc1-c1ccc(O[C@H]2CCCC[C@@H]2F)nn1. The zero-order chi connectivity index (χ0) is 17.9. The molecular formula is C18H18FN5O2. The summed E-state index contributed by atoms with van der Waals surface area (Å²) >= 11 is 0. The second-order valence-electron chi connectivity index (χ2n) is 6.26. The summed E-state index contributed by atoms with van der Waals surface area (Å²) < 4.78 is 21.0. The molecule has 4 rings (SSSR count). The van der Waals surface area contributed by atoms with Gasteiger partial charge < -0.3 is 9.84 Å². The summed E-state index contributed by atoms with van der Waals surface area (Å²) in [5.74, 6) is 0.346. The summed E-state index contributed by atoms with van der Waals surface area (Å²) in [5.41, 5.74) is 1.72. The highest BCUT2D eigenvalue weighted by molar-refractivity contribution is 5.68. The lowest BCUT2D eigenvalue weighted by Gasteiger charge is -2.25. The van der Waals surface area contributed by atoms with E-state index in [1.54, 1.807) is 47.4 Å². The van der Waals surface area contributed by atoms with E-state index in [-0.39, 0.29) is 5.75 Å². The zero-order valence-corrected chi connectivity index (χ0v) is 14.0. The number of hydrogen-bond acceptors (Lipinski definition) is 6. The van der Waals surface area contributed by atoms with E-state index in [2.05, 4.69) is 20.5 Å². The highest BCUT2D eigenvalue weighted by Gasteiger charge is 2.26. The first kappa shape index (κ1) is 16.4. The summed E-state index contributed by atoms with van der Waals surface area (Å²) in [6.07, 6.45) is 4.90. The Balaban J connectivity index is 1.51. The minimum atomic E-state index is -0.960. The summed E-state index contributed by atoms with van der Waals surface area (Å²) in [7, 11) is 0. The highest BCUT2D eigenvalue weighted by atomic mass is 19.1. The third-order valence-corrected chi connectivity index (χ3v) is 4.48. The molecule has 8 heteroatoms. The van der Waals surface area contributed by atoms with Crippen molar-refractivity contribution in [3.8, 4) is 28.6 Å². The van der Waals surface area contributed by atoms with Crippen molar-refractivity contribution in [1.82, 2.24) is 25.2 Å². The third kappa shape index (κ3) is 3.35. The highest BCUT2D eigenvalue weighted by Crippen LogP contribution is 2.30. The van der Waals surface area contributed by atoms with Gasteiger partial charge in [-0.1, -0.05) is 11.6 Å². The quantitative estimate of drug-likeness (QED) is 0.774. The maximum atomic E-state index is 13.9. The van der Waals surface area contributed by atoms with E-state index in [1.165, 1.54) is 0 Å². The van der Waals surface area contributed by atoms with Gasteiger partial charge in [0.2, 0.25) is 5.88 Å². The first-order chi connectivity index (χ1) is 12.7. The molecule has 2 heterocycles.